The topological polar surface area (TPSA) is 30.5 Å². The molecule has 1 heterocycles. The second-order valence-electron chi connectivity index (χ2n) is 4.10. The smallest absolute Gasteiger partial charge is 0.127 e. The molecule has 0 amide bonds. The fourth-order valence-electron chi connectivity index (χ4n) is 2.01. The number of rotatable bonds is 5. The van der Waals surface area contributed by atoms with Gasteiger partial charge in [-0.2, -0.15) is 0 Å². The fourth-order valence-corrected chi connectivity index (χ4v) is 3.88. The summed E-state index contributed by atoms with van der Waals surface area (Å²) < 4.78 is 12.3. The monoisotopic (exact) mass is 375 g/mol. The molecule has 3 nitrogen and oxygen atoms in total. The molecule has 0 aliphatic carbocycles. The Kier molecular flexibility index (Phi) is 5.32. The molecule has 0 fully saturated rings. The molecule has 1 aromatic carbocycles. The molecule has 0 radical (unpaired) electrons. The summed E-state index contributed by atoms with van der Waals surface area (Å²) in [6, 6.07) is 7.85. The molecular formula is C14H15BrClNO2S. The van der Waals surface area contributed by atoms with E-state index < -0.39 is 0 Å². The molecule has 2 rings (SSSR count). The number of hydrogen-bond donors (Lipinski definition) is 1. The molecule has 0 aliphatic heterocycles. The van der Waals surface area contributed by atoms with Gasteiger partial charge < -0.3 is 14.8 Å². The minimum atomic E-state index is 0.0182. The summed E-state index contributed by atoms with van der Waals surface area (Å²) in [5.74, 6) is 1.55. The number of hydrogen-bond acceptors (Lipinski definition) is 4. The van der Waals surface area contributed by atoms with E-state index in [9.17, 15) is 0 Å². The van der Waals surface area contributed by atoms with E-state index in [0.29, 0.717) is 0 Å². The normalized spacial score (nSPS) is 12.2. The molecule has 1 unspecified atom stereocenters. The van der Waals surface area contributed by atoms with Gasteiger partial charge in [0.15, 0.2) is 0 Å². The summed E-state index contributed by atoms with van der Waals surface area (Å²) in [4.78, 5) is 1.12. The van der Waals surface area contributed by atoms with Crippen molar-refractivity contribution >= 4 is 38.9 Å². The van der Waals surface area contributed by atoms with E-state index in [1.165, 1.54) is 0 Å². The molecule has 1 atom stereocenters. The van der Waals surface area contributed by atoms with Crippen LogP contribution in [0, 0.1) is 0 Å². The molecule has 0 saturated carbocycles. The maximum absolute atomic E-state index is 6.13. The summed E-state index contributed by atoms with van der Waals surface area (Å²) in [6.07, 6.45) is 0. The molecular weight excluding hydrogens is 362 g/mol. The molecule has 0 aliphatic rings. The maximum atomic E-state index is 6.13. The highest BCUT2D eigenvalue weighted by atomic mass is 79.9. The zero-order valence-corrected chi connectivity index (χ0v) is 14.5. The molecule has 1 N–H and O–H groups in total. The van der Waals surface area contributed by atoms with Crippen LogP contribution >= 0.6 is 38.9 Å². The van der Waals surface area contributed by atoms with Gasteiger partial charge in [0, 0.05) is 21.0 Å². The fraction of sp³-hybridized carbons (Fsp3) is 0.286. The van der Waals surface area contributed by atoms with Crippen molar-refractivity contribution in [1.29, 1.82) is 0 Å². The van der Waals surface area contributed by atoms with E-state index in [-0.39, 0.29) is 6.04 Å². The molecule has 0 bridgehead atoms. The summed E-state index contributed by atoms with van der Waals surface area (Å²) in [5, 5.41) is 3.30. The lowest BCUT2D eigenvalue weighted by atomic mass is 10.0. The lowest BCUT2D eigenvalue weighted by Gasteiger charge is -2.18. The van der Waals surface area contributed by atoms with E-state index in [2.05, 4.69) is 21.2 Å². The van der Waals surface area contributed by atoms with Crippen LogP contribution in [0.25, 0.3) is 0 Å². The third kappa shape index (κ3) is 3.11. The zero-order valence-electron chi connectivity index (χ0n) is 11.4. The van der Waals surface area contributed by atoms with Crippen LogP contribution in [0.3, 0.4) is 0 Å². The first-order valence-corrected chi connectivity index (χ1v) is 7.93. The van der Waals surface area contributed by atoms with Gasteiger partial charge in [0.05, 0.1) is 20.3 Å². The summed E-state index contributed by atoms with van der Waals surface area (Å²) in [6.45, 7) is 0. The van der Waals surface area contributed by atoms with Crippen LogP contribution in [0.1, 0.15) is 16.5 Å². The Bertz CT molecular complexity index is 583. The van der Waals surface area contributed by atoms with Gasteiger partial charge in [0.1, 0.15) is 15.8 Å². The average molecular weight is 377 g/mol. The molecule has 108 valence electrons. The SMILES string of the molecule is CNC(c1cc(Br)c(Cl)s1)c1ccc(OC)cc1OC. The van der Waals surface area contributed by atoms with Gasteiger partial charge in [0.25, 0.3) is 0 Å². The number of halogens is 2. The largest absolute Gasteiger partial charge is 0.497 e. The first kappa shape index (κ1) is 15.6. The molecule has 1 aromatic heterocycles. The average Bonchev–Trinajstić information content (AvgIpc) is 2.79. The first-order chi connectivity index (χ1) is 9.60. The number of nitrogens with one attached hydrogen (secondary N) is 1. The van der Waals surface area contributed by atoms with Crippen molar-refractivity contribution in [2.75, 3.05) is 21.3 Å². The Morgan fingerprint density at radius 3 is 2.50 bits per heavy atom. The third-order valence-corrected chi connectivity index (χ3v) is 5.53. The van der Waals surface area contributed by atoms with Gasteiger partial charge in [-0.25, -0.2) is 0 Å². The summed E-state index contributed by atoms with van der Waals surface area (Å²) >= 11 is 11.1. The Labute approximate surface area is 136 Å². The standard InChI is InChI=1S/C14H15BrClNO2S/c1-17-13(12-7-10(15)14(16)20-12)9-5-4-8(18-2)6-11(9)19-3/h4-7,13,17H,1-3H3. The Balaban J connectivity index is 2.46. The van der Waals surface area contributed by atoms with Crippen LogP contribution < -0.4 is 14.8 Å². The van der Waals surface area contributed by atoms with Crippen molar-refractivity contribution in [3.63, 3.8) is 0 Å². The summed E-state index contributed by atoms with van der Waals surface area (Å²) in [7, 11) is 5.21. The van der Waals surface area contributed by atoms with E-state index in [1.807, 2.05) is 31.3 Å². The molecule has 0 spiro atoms. The van der Waals surface area contributed by atoms with Crippen molar-refractivity contribution in [2.24, 2.45) is 0 Å². The van der Waals surface area contributed by atoms with Crippen molar-refractivity contribution in [3.05, 3.63) is 43.5 Å². The predicted molar refractivity (Wildman–Crippen MR) is 87.5 cm³/mol. The van der Waals surface area contributed by atoms with E-state index in [1.54, 1.807) is 25.6 Å². The van der Waals surface area contributed by atoms with Crippen molar-refractivity contribution in [3.8, 4) is 11.5 Å². The number of methoxy groups -OCH3 is 2. The highest BCUT2D eigenvalue weighted by molar-refractivity contribution is 9.10. The van der Waals surface area contributed by atoms with Crippen LogP contribution in [0.5, 0.6) is 11.5 Å². The highest BCUT2D eigenvalue weighted by Crippen LogP contribution is 2.40. The second kappa shape index (κ2) is 6.80. The van der Waals surface area contributed by atoms with E-state index >= 15 is 0 Å². The van der Waals surface area contributed by atoms with Gasteiger partial charge >= 0.3 is 0 Å². The van der Waals surface area contributed by atoms with Crippen molar-refractivity contribution in [1.82, 2.24) is 5.32 Å². The van der Waals surface area contributed by atoms with Gasteiger partial charge in [-0.1, -0.05) is 11.6 Å². The van der Waals surface area contributed by atoms with Crippen LogP contribution in [-0.2, 0) is 0 Å². The Hall–Kier alpha value is -0.750. The first-order valence-electron chi connectivity index (χ1n) is 5.94. The lowest BCUT2D eigenvalue weighted by molar-refractivity contribution is 0.388. The third-order valence-electron chi connectivity index (χ3n) is 2.99. The Morgan fingerprint density at radius 1 is 1.25 bits per heavy atom. The zero-order chi connectivity index (χ0) is 14.7. The highest BCUT2D eigenvalue weighted by Gasteiger charge is 2.20. The minimum absolute atomic E-state index is 0.0182. The molecule has 0 saturated heterocycles. The van der Waals surface area contributed by atoms with Crippen LogP contribution in [0.15, 0.2) is 28.7 Å². The lowest BCUT2D eigenvalue weighted by Crippen LogP contribution is -2.17. The van der Waals surface area contributed by atoms with Gasteiger partial charge in [0.2, 0.25) is 0 Å². The number of thiophene rings is 1. The number of benzene rings is 1. The predicted octanol–water partition coefficient (Wildman–Crippen LogP) is 4.49. The Morgan fingerprint density at radius 2 is 2.00 bits per heavy atom. The van der Waals surface area contributed by atoms with E-state index in [4.69, 9.17) is 21.1 Å². The summed E-state index contributed by atoms with van der Waals surface area (Å²) in [5.41, 5.74) is 1.04. The van der Waals surface area contributed by atoms with Gasteiger partial charge in [-0.05, 0) is 41.2 Å². The van der Waals surface area contributed by atoms with Crippen LogP contribution in [0.4, 0.5) is 0 Å². The minimum Gasteiger partial charge on any atom is -0.497 e. The second-order valence-corrected chi connectivity index (χ2v) is 6.64. The molecule has 2 aromatic rings. The van der Waals surface area contributed by atoms with Crippen molar-refractivity contribution < 1.29 is 9.47 Å². The van der Waals surface area contributed by atoms with Crippen molar-refractivity contribution in [2.45, 2.75) is 6.04 Å². The maximum Gasteiger partial charge on any atom is 0.127 e. The quantitative estimate of drug-likeness (QED) is 0.834. The van der Waals surface area contributed by atoms with Gasteiger partial charge in [-0.3, -0.25) is 0 Å². The van der Waals surface area contributed by atoms with Crippen LogP contribution in [0.2, 0.25) is 4.34 Å². The van der Waals surface area contributed by atoms with Gasteiger partial charge in [-0.15, -0.1) is 11.3 Å². The van der Waals surface area contributed by atoms with Crippen LogP contribution in [-0.4, -0.2) is 21.3 Å². The number of ether oxygens (including phenoxy) is 2. The van der Waals surface area contributed by atoms with E-state index in [0.717, 1.165) is 30.7 Å². The molecule has 6 heteroatoms. The molecule has 20 heavy (non-hydrogen) atoms.